The lowest BCUT2D eigenvalue weighted by Crippen LogP contribution is -2.26. The molecule has 172 valence electrons. The number of benzene rings is 1. The van der Waals surface area contributed by atoms with E-state index >= 15 is 0 Å². The van der Waals surface area contributed by atoms with Crippen LogP contribution in [0.15, 0.2) is 54.1 Å². The van der Waals surface area contributed by atoms with Gasteiger partial charge in [0, 0.05) is 6.42 Å². The second-order valence-corrected chi connectivity index (χ2v) is 9.70. The SMILES string of the molecule is C=C1/C(=C\C=C(\CCCC)c2cccc(CCCCCC(C)(C)O)c2)C[C@@H](O)C[C@@H]1O. The van der Waals surface area contributed by atoms with Crippen molar-refractivity contribution in [2.75, 3.05) is 0 Å². The van der Waals surface area contributed by atoms with Crippen LogP contribution in [-0.4, -0.2) is 33.1 Å². The highest BCUT2D eigenvalue weighted by atomic mass is 16.3. The third kappa shape index (κ3) is 9.14. The van der Waals surface area contributed by atoms with Crippen molar-refractivity contribution in [2.24, 2.45) is 0 Å². The minimum absolute atomic E-state index is 0.375. The molecule has 1 aromatic carbocycles. The lowest BCUT2D eigenvalue weighted by molar-refractivity contribution is 0.0680. The molecule has 0 radical (unpaired) electrons. The van der Waals surface area contributed by atoms with E-state index < -0.39 is 17.8 Å². The van der Waals surface area contributed by atoms with Gasteiger partial charge in [0.15, 0.2) is 0 Å². The van der Waals surface area contributed by atoms with Crippen LogP contribution in [0.1, 0.15) is 89.7 Å². The first-order valence-electron chi connectivity index (χ1n) is 12.0. The largest absolute Gasteiger partial charge is 0.393 e. The zero-order valence-electron chi connectivity index (χ0n) is 19.7. The first-order valence-corrected chi connectivity index (χ1v) is 12.0. The van der Waals surface area contributed by atoms with E-state index in [2.05, 4.69) is 43.8 Å². The number of hydrogen-bond acceptors (Lipinski definition) is 3. The Balaban J connectivity index is 2.09. The van der Waals surface area contributed by atoms with Gasteiger partial charge >= 0.3 is 0 Å². The molecule has 3 nitrogen and oxygen atoms in total. The molecule has 3 N–H and O–H groups in total. The molecule has 0 unspecified atom stereocenters. The van der Waals surface area contributed by atoms with Gasteiger partial charge in [0.05, 0.1) is 17.8 Å². The summed E-state index contributed by atoms with van der Waals surface area (Å²) >= 11 is 0. The second kappa shape index (κ2) is 12.4. The van der Waals surface area contributed by atoms with Gasteiger partial charge in [-0.1, -0.05) is 69.2 Å². The zero-order valence-corrected chi connectivity index (χ0v) is 19.7. The van der Waals surface area contributed by atoms with Crippen LogP contribution in [0, 0.1) is 0 Å². The number of unbranched alkanes of at least 4 members (excludes halogenated alkanes) is 3. The van der Waals surface area contributed by atoms with Gasteiger partial charge in [0.1, 0.15) is 0 Å². The summed E-state index contributed by atoms with van der Waals surface area (Å²) in [6, 6.07) is 8.82. The summed E-state index contributed by atoms with van der Waals surface area (Å²) in [5.74, 6) is 0. The highest BCUT2D eigenvalue weighted by molar-refractivity contribution is 5.68. The van der Waals surface area contributed by atoms with E-state index in [4.69, 9.17) is 0 Å². The van der Waals surface area contributed by atoms with Crippen molar-refractivity contribution in [3.63, 3.8) is 0 Å². The Morgan fingerprint density at radius 2 is 1.94 bits per heavy atom. The minimum atomic E-state index is -0.651. The average molecular weight is 427 g/mol. The molecule has 1 aromatic rings. The Kier molecular flexibility index (Phi) is 10.2. The molecule has 0 saturated heterocycles. The fraction of sp³-hybridized carbons (Fsp3) is 0.571. The van der Waals surface area contributed by atoms with E-state index in [0.29, 0.717) is 12.8 Å². The maximum atomic E-state index is 10.1. The minimum Gasteiger partial charge on any atom is -0.393 e. The van der Waals surface area contributed by atoms with Crippen molar-refractivity contribution in [2.45, 2.75) is 103 Å². The second-order valence-electron chi connectivity index (χ2n) is 9.70. The molecule has 0 bridgehead atoms. The third-order valence-corrected chi connectivity index (χ3v) is 6.10. The fourth-order valence-electron chi connectivity index (χ4n) is 4.14. The maximum Gasteiger partial charge on any atom is 0.0811 e. The van der Waals surface area contributed by atoms with Crippen LogP contribution in [0.2, 0.25) is 0 Å². The molecule has 0 aliphatic heterocycles. The molecule has 2 rings (SSSR count). The van der Waals surface area contributed by atoms with Gasteiger partial charge < -0.3 is 15.3 Å². The first-order chi connectivity index (χ1) is 14.7. The van der Waals surface area contributed by atoms with Gasteiger partial charge in [-0.15, -0.1) is 0 Å². The number of rotatable bonds is 11. The van der Waals surface area contributed by atoms with E-state index in [1.54, 1.807) is 0 Å². The molecule has 0 spiro atoms. The van der Waals surface area contributed by atoms with Gasteiger partial charge in [0.2, 0.25) is 0 Å². The summed E-state index contributed by atoms with van der Waals surface area (Å²) in [5.41, 5.74) is 5.01. The Morgan fingerprint density at radius 3 is 2.65 bits per heavy atom. The molecule has 1 aliphatic carbocycles. The Labute approximate surface area is 189 Å². The highest BCUT2D eigenvalue weighted by Gasteiger charge is 2.24. The highest BCUT2D eigenvalue weighted by Crippen LogP contribution is 2.30. The van der Waals surface area contributed by atoms with Gasteiger partial charge in [-0.05, 0) is 80.2 Å². The predicted molar refractivity (Wildman–Crippen MR) is 131 cm³/mol. The van der Waals surface area contributed by atoms with Crippen LogP contribution in [-0.2, 0) is 6.42 Å². The smallest absolute Gasteiger partial charge is 0.0811 e. The molecular weight excluding hydrogens is 384 g/mol. The molecule has 1 saturated carbocycles. The number of aryl methyl sites for hydroxylation is 1. The summed E-state index contributed by atoms with van der Waals surface area (Å²) in [4.78, 5) is 0. The molecule has 0 aromatic heterocycles. The van der Waals surface area contributed by atoms with Crippen molar-refractivity contribution in [3.05, 3.63) is 65.3 Å². The first kappa shape index (κ1) is 25.6. The molecular formula is C28H42O3. The van der Waals surface area contributed by atoms with Crippen LogP contribution in [0.5, 0.6) is 0 Å². The predicted octanol–water partition coefficient (Wildman–Crippen LogP) is 6.13. The van der Waals surface area contributed by atoms with E-state index in [-0.39, 0.29) is 0 Å². The van der Waals surface area contributed by atoms with Crippen molar-refractivity contribution < 1.29 is 15.3 Å². The lowest BCUT2D eigenvalue weighted by atomic mass is 9.85. The average Bonchev–Trinajstić information content (AvgIpc) is 2.70. The molecule has 2 atom stereocenters. The van der Waals surface area contributed by atoms with Crippen molar-refractivity contribution >= 4 is 5.57 Å². The van der Waals surface area contributed by atoms with E-state index in [1.165, 1.54) is 16.7 Å². The molecule has 1 fully saturated rings. The fourth-order valence-corrected chi connectivity index (χ4v) is 4.14. The Hall–Kier alpha value is -1.68. The van der Waals surface area contributed by atoms with E-state index in [1.807, 2.05) is 19.9 Å². The molecule has 0 heterocycles. The van der Waals surface area contributed by atoms with Crippen LogP contribution in [0.3, 0.4) is 0 Å². The molecule has 31 heavy (non-hydrogen) atoms. The van der Waals surface area contributed by atoms with Crippen molar-refractivity contribution in [1.82, 2.24) is 0 Å². The van der Waals surface area contributed by atoms with Crippen LogP contribution >= 0.6 is 0 Å². The van der Waals surface area contributed by atoms with Crippen molar-refractivity contribution in [3.8, 4) is 0 Å². The normalized spacial score (nSPS) is 21.7. The number of aliphatic hydroxyl groups is 3. The summed E-state index contributed by atoms with van der Waals surface area (Å²) in [7, 11) is 0. The lowest BCUT2D eigenvalue weighted by Gasteiger charge is -2.26. The van der Waals surface area contributed by atoms with Gasteiger partial charge in [-0.2, -0.15) is 0 Å². The third-order valence-electron chi connectivity index (χ3n) is 6.10. The van der Waals surface area contributed by atoms with E-state index in [0.717, 1.165) is 62.5 Å². The van der Waals surface area contributed by atoms with Crippen molar-refractivity contribution in [1.29, 1.82) is 0 Å². The van der Waals surface area contributed by atoms with Crippen LogP contribution in [0.4, 0.5) is 0 Å². The summed E-state index contributed by atoms with van der Waals surface area (Å²) in [6.45, 7) is 9.98. The van der Waals surface area contributed by atoms with E-state index in [9.17, 15) is 15.3 Å². The van der Waals surface area contributed by atoms with Gasteiger partial charge in [-0.3, -0.25) is 0 Å². The van der Waals surface area contributed by atoms with Crippen LogP contribution in [0.25, 0.3) is 5.57 Å². The monoisotopic (exact) mass is 426 g/mol. The van der Waals surface area contributed by atoms with Crippen LogP contribution < -0.4 is 0 Å². The Morgan fingerprint density at radius 1 is 1.16 bits per heavy atom. The summed E-state index contributed by atoms with van der Waals surface area (Å²) < 4.78 is 0. The number of aliphatic hydroxyl groups excluding tert-OH is 2. The quantitative estimate of drug-likeness (QED) is 0.373. The topological polar surface area (TPSA) is 60.7 Å². The number of hydrogen-bond donors (Lipinski definition) is 3. The summed E-state index contributed by atoms with van der Waals surface area (Å²) in [6.07, 6.45) is 12.5. The maximum absolute atomic E-state index is 10.1. The van der Waals surface area contributed by atoms with Gasteiger partial charge in [-0.25, -0.2) is 0 Å². The molecule has 3 heteroatoms. The standard InChI is InChI=1S/C28H42O3/c1-5-6-13-23(15-16-24-19-26(29)20-27(30)21(24)2)25-14-10-12-22(18-25)11-8-7-9-17-28(3,4)31/h10,12,14-16,18,26-27,29-31H,2,5-9,11,13,17,19-20H2,1,3-4H3/b23-15-,24-16-/t26-,27+/m1/s1. The molecule has 0 amide bonds. The summed E-state index contributed by atoms with van der Waals surface area (Å²) in [5, 5.41) is 30.0. The molecule has 1 aliphatic rings. The van der Waals surface area contributed by atoms with Gasteiger partial charge in [0.25, 0.3) is 0 Å². The zero-order chi connectivity index (χ0) is 22.9. The Bertz CT molecular complexity index is 767. The number of allylic oxidation sites excluding steroid dienone is 3.